The Hall–Kier alpha value is -2.67. The minimum atomic E-state index is -0.292. The molecule has 0 aliphatic rings. The summed E-state index contributed by atoms with van der Waals surface area (Å²) in [6.07, 6.45) is 2.96. The minimum Gasteiger partial charge on any atom is -0.467 e. The summed E-state index contributed by atoms with van der Waals surface area (Å²) in [5, 5.41) is 5.92. The van der Waals surface area contributed by atoms with Gasteiger partial charge < -0.3 is 15.1 Å². The third-order valence-electron chi connectivity index (χ3n) is 3.34. The number of aromatic nitrogens is 2. The van der Waals surface area contributed by atoms with Crippen molar-refractivity contribution in [1.82, 2.24) is 9.97 Å². The molecular formula is C17H15BrN4O2. The van der Waals surface area contributed by atoms with E-state index in [1.54, 1.807) is 12.3 Å². The van der Waals surface area contributed by atoms with Gasteiger partial charge in [0.15, 0.2) is 0 Å². The second kappa shape index (κ2) is 7.27. The van der Waals surface area contributed by atoms with Crippen molar-refractivity contribution >= 4 is 33.3 Å². The van der Waals surface area contributed by atoms with Crippen molar-refractivity contribution in [1.29, 1.82) is 0 Å². The Labute approximate surface area is 147 Å². The summed E-state index contributed by atoms with van der Waals surface area (Å²) in [5.74, 6) is 1.05. The van der Waals surface area contributed by atoms with Crippen molar-refractivity contribution in [2.24, 2.45) is 0 Å². The van der Waals surface area contributed by atoms with Crippen LogP contribution in [0.1, 0.15) is 21.8 Å². The smallest absolute Gasteiger partial charge is 0.274 e. The molecule has 2 heterocycles. The van der Waals surface area contributed by atoms with E-state index in [1.807, 2.05) is 37.3 Å². The number of halogens is 1. The van der Waals surface area contributed by atoms with Crippen LogP contribution in [0.3, 0.4) is 0 Å². The Morgan fingerprint density at radius 1 is 1.25 bits per heavy atom. The van der Waals surface area contributed by atoms with E-state index < -0.39 is 0 Å². The average Bonchev–Trinajstić information content (AvgIpc) is 3.10. The van der Waals surface area contributed by atoms with Crippen molar-refractivity contribution < 1.29 is 9.21 Å². The highest BCUT2D eigenvalue weighted by molar-refractivity contribution is 9.10. The summed E-state index contributed by atoms with van der Waals surface area (Å²) < 4.78 is 6.24. The Morgan fingerprint density at radius 3 is 2.88 bits per heavy atom. The van der Waals surface area contributed by atoms with E-state index >= 15 is 0 Å². The van der Waals surface area contributed by atoms with Crippen molar-refractivity contribution in [2.75, 3.05) is 10.6 Å². The number of aryl methyl sites for hydroxylation is 1. The quantitative estimate of drug-likeness (QED) is 0.692. The van der Waals surface area contributed by atoms with Crippen molar-refractivity contribution in [3.63, 3.8) is 0 Å². The number of hydrogen-bond donors (Lipinski definition) is 2. The summed E-state index contributed by atoms with van der Waals surface area (Å²) in [4.78, 5) is 20.5. The number of nitrogens with zero attached hydrogens (tertiary/aromatic N) is 2. The molecule has 0 atom stereocenters. The van der Waals surface area contributed by atoms with Crippen molar-refractivity contribution in [2.45, 2.75) is 13.5 Å². The molecule has 0 spiro atoms. The maximum atomic E-state index is 12.3. The number of hydrogen-bond acceptors (Lipinski definition) is 5. The first kappa shape index (κ1) is 16.2. The van der Waals surface area contributed by atoms with Crippen LogP contribution in [0.5, 0.6) is 0 Å². The van der Waals surface area contributed by atoms with E-state index in [4.69, 9.17) is 4.42 Å². The molecule has 0 aliphatic carbocycles. The molecule has 1 aromatic carbocycles. The molecule has 1 amide bonds. The molecule has 0 saturated heterocycles. The number of furan rings is 1. The first-order valence-corrected chi connectivity index (χ1v) is 8.07. The van der Waals surface area contributed by atoms with E-state index in [1.165, 1.54) is 6.33 Å². The molecule has 0 fully saturated rings. The van der Waals surface area contributed by atoms with Gasteiger partial charge in [0, 0.05) is 16.2 Å². The lowest BCUT2D eigenvalue weighted by Crippen LogP contribution is -2.14. The Bertz CT molecular complexity index is 850. The number of carbonyl (C=O) groups is 1. The first-order chi connectivity index (χ1) is 11.6. The number of amides is 1. The van der Waals surface area contributed by atoms with Gasteiger partial charge in [-0.15, -0.1) is 0 Å². The van der Waals surface area contributed by atoms with Crippen LogP contribution in [0.2, 0.25) is 0 Å². The zero-order chi connectivity index (χ0) is 16.9. The van der Waals surface area contributed by atoms with E-state index in [0.29, 0.717) is 18.1 Å². The lowest BCUT2D eigenvalue weighted by Gasteiger charge is -2.08. The maximum Gasteiger partial charge on any atom is 0.274 e. The van der Waals surface area contributed by atoms with E-state index in [-0.39, 0.29) is 11.6 Å². The largest absolute Gasteiger partial charge is 0.467 e. The molecule has 0 aliphatic heterocycles. The number of anilines is 2. The summed E-state index contributed by atoms with van der Waals surface area (Å²) in [6.45, 7) is 2.44. The SMILES string of the molecule is Cc1cc(NC(=O)c2cc(NCc3ccco3)ncn2)ccc1Br. The predicted molar refractivity (Wildman–Crippen MR) is 94.9 cm³/mol. The fourth-order valence-electron chi connectivity index (χ4n) is 2.09. The van der Waals surface area contributed by atoms with Crippen molar-refractivity contribution in [3.8, 4) is 0 Å². The van der Waals surface area contributed by atoms with Crippen LogP contribution in [0.4, 0.5) is 11.5 Å². The van der Waals surface area contributed by atoms with Gasteiger partial charge in [0.05, 0.1) is 12.8 Å². The van der Waals surface area contributed by atoms with E-state index in [0.717, 1.165) is 15.8 Å². The van der Waals surface area contributed by atoms with Gasteiger partial charge in [-0.1, -0.05) is 15.9 Å². The topological polar surface area (TPSA) is 80.0 Å². The third kappa shape index (κ3) is 3.99. The number of benzene rings is 1. The summed E-state index contributed by atoms with van der Waals surface area (Å²) in [7, 11) is 0. The number of nitrogens with one attached hydrogen (secondary N) is 2. The highest BCUT2D eigenvalue weighted by atomic mass is 79.9. The van der Waals surface area contributed by atoms with Crippen LogP contribution in [-0.4, -0.2) is 15.9 Å². The monoisotopic (exact) mass is 386 g/mol. The highest BCUT2D eigenvalue weighted by Gasteiger charge is 2.10. The standard InChI is InChI=1S/C17H15BrN4O2/c1-11-7-12(4-5-14(11)18)22-17(23)15-8-16(21-10-20-15)19-9-13-3-2-6-24-13/h2-8,10H,9H2,1H3,(H,22,23)(H,19,20,21). The summed E-state index contributed by atoms with van der Waals surface area (Å²) in [6, 6.07) is 10.9. The molecule has 3 aromatic rings. The molecule has 6 nitrogen and oxygen atoms in total. The summed E-state index contributed by atoms with van der Waals surface area (Å²) >= 11 is 3.43. The van der Waals surface area contributed by atoms with Crippen LogP contribution in [0.25, 0.3) is 0 Å². The highest BCUT2D eigenvalue weighted by Crippen LogP contribution is 2.20. The second-order valence-electron chi connectivity index (χ2n) is 5.14. The van der Waals surface area contributed by atoms with Crippen LogP contribution in [0.15, 0.2) is 57.9 Å². The summed E-state index contributed by atoms with van der Waals surface area (Å²) in [5.41, 5.74) is 2.04. The molecule has 7 heteroatoms. The number of rotatable bonds is 5. The van der Waals surface area contributed by atoms with Gasteiger partial charge in [0.25, 0.3) is 5.91 Å². The van der Waals surface area contributed by atoms with Crippen LogP contribution in [0, 0.1) is 6.92 Å². The zero-order valence-corrected chi connectivity index (χ0v) is 14.5. The third-order valence-corrected chi connectivity index (χ3v) is 4.23. The average molecular weight is 387 g/mol. The Kier molecular flexibility index (Phi) is 4.90. The van der Waals surface area contributed by atoms with Crippen LogP contribution >= 0.6 is 15.9 Å². The zero-order valence-electron chi connectivity index (χ0n) is 12.9. The lowest BCUT2D eigenvalue weighted by atomic mass is 10.2. The molecular weight excluding hydrogens is 372 g/mol. The normalized spacial score (nSPS) is 10.4. The molecule has 0 radical (unpaired) electrons. The first-order valence-electron chi connectivity index (χ1n) is 7.27. The molecule has 0 bridgehead atoms. The molecule has 2 N–H and O–H groups in total. The second-order valence-corrected chi connectivity index (χ2v) is 5.99. The predicted octanol–water partition coefficient (Wildman–Crippen LogP) is 4.00. The van der Waals surface area contributed by atoms with Gasteiger partial charge in [-0.25, -0.2) is 9.97 Å². The Balaban J connectivity index is 1.68. The molecule has 3 rings (SSSR count). The molecule has 24 heavy (non-hydrogen) atoms. The fraction of sp³-hybridized carbons (Fsp3) is 0.118. The van der Waals surface area contributed by atoms with E-state index in [2.05, 4.69) is 36.5 Å². The molecule has 0 saturated carbocycles. The van der Waals surface area contributed by atoms with Crippen LogP contribution in [-0.2, 0) is 6.54 Å². The maximum absolute atomic E-state index is 12.3. The van der Waals surface area contributed by atoms with Crippen molar-refractivity contribution in [3.05, 3.63) is 70.5 Å². The molecule has 122 valence electrons. The van der Waals surface area contributed by atoms with Gasteiger partial charge in [-0.2, -0.15) is 0 Å². The van der Waals surface area contributed by atoms with Gasteiger partial charge in [0.1, 0.15) is 23.6 Å². The molecule has 0 unspecified atom stereocenters. The van der Waals surface area contributed by atoms with Gasteiger partial charge in [-0.3, -0.25) is 4.79 Å². The van der Waals surface area contributed by atoms with Gasteiger partial charge in [0.2, 0.25) is 0 Å². The van der Waals surface area contributed by atoms with Gasteiger partial charge >= 0.3 is 0 Å². The van der Waals surface area contributed by atoms with Crippen LogP contribution < -0.4 is 10.6 Å². The molecule has 2 aromatic heterocycles. The van der Waals surface area contributed by atoms with E-state index in [9.17, 15) is 4.79 Å². The number of carbonyl (C=O) groups excluding carboxylic acids is 1. The lowest BCUT2D eigenvalue weighted by molar-refractivity contribution is 0.102. The van der Waals surface area contributed by atoms with Gasteiger partial charge in [-0.05, 0) is 42.8 Å². The fourth-order valence-corrected chi connectivity index (χ4v) is 2.33. The Morgan fingerprint density at radius 2 is 2.12 bits per heavy atom. The minimum absolute atomic E-state index is 0.285.